The lowest BCUT2D eigenvalue weighted by atomic mass is 10.1. The molecule has 0 atom stereocenters. The Hall–Kier alpha value is -1.29. The summed E-state index contributed by atoms with van der Waals surface area (Å²) in [6.45, 7) is 11.2. The van der Waals surface area contributed by atoms with Crippen LogP contribution in [-0.2, 0) is 4.79 Å². The third kappa shape index (κ3) is 4.06. The standard InChI is InChI=1S/C10H12N2OS.C2H6/c1-4-5-6-9-10(12-14-11-9)7(2)8(3)13;1-2/h5-6H,2,4H2,1,3H3;1-2H3/b6-5-;. The Bertz CT molecular complexity index is 380. The van der Waals surface area contributed by atoms with E-state index in [0.717, 1.165) is 23.8 Å². The predicted octanol–water partition coefficient (Wildman–Crippen LogP) is 3.59. The predicted molar refractivity (Wildman–Crippen MR) is 70.3 cm³/mol. The highest BCUT2D eigenvalue weighted by Crippen LogP contribution is 2.17. The molecule has 0 saturated carbocycles. The first-order valence-corrected chi connectivity index (χ1v) is 6.09. The molecule has 88 valence electrons. The fourth-order valence-electron chi connectivity index (χ4n) is 0.910. The van der Waals surface area contributed by atoms with Crippen molar-refractivity contribution in [3.8, 4) is 0 Å². The van der Waals surface area contributed by atoms with Crippen molar-refractivity contribution < 1.29 is 4.79 Å². The first-order valence-electron chi connectivity index (χ1n) is 5.36. The lowest BCUT2D eigenvalue weighted by molar-refractivity contribution is -0.111. The van der Waals surface area contributed by atoms with Crippen LogP contribution in [0.25, 0.3) is 11.6 Å². The van der Waals surface area contributed by atoms with E-state index in [2.05, 4.69) is 15.3 Å². The van der Waals surface area contributed by atoms with Gasteiger partial charge in [0.25, 0.3) is 0 Å². The van der Waals surface area contributed by atoms with Crippen molar-refractivity contribution in [2.75, 3.05) is 0 Å². The molecule has 0 aliphatic carbocycles. The van der Waals surface area contributed by atoms with Gasteiger partial charge in [-0.1, -0.05) is 33.4 Å². The number of allylic oxidation sites excluding steroid dienone is 2. The van der Waals surface area contributed by atoms with E-state index in [9.17, 15) is 4.79 Å². The number of carbonyl (C=O) groups excluding carboxylic acids is 1. The molecule has 0 bridgehead atoms. The first-order chi connectivity index (χ1) is 7.66. The number of carbonyl (C=O) groups is 1. The third-order valence-electron chi connectivity index (χ3n) is 1.74. The van der Waals surface area contributed by atoms with Crippen LogP contribution >= 0.6 is 11.7 Å². The summed E-state index contributed by atoms with van der Waals surface area (Å²) in [6, 6.07) is 0. The second kappa shape index (κ2) is 7.93. The molecule has 1 aromatic rings. The topological polar surface area (TPSA) is 42.9 Å². The van der Waals surface area contributed by atoms with Crippen LogP contribution in [0.5, 0.6) is 0 Å². The quantitative estimate of drug-likeness (QED) is 0.753. The van der Waals surface area contributed by atoms with Gasteiger partial charge < -0.3 is 0 Å². The summed E-state index contributed by atoms with van der Waals surface area (Å²) in [5.41, 5.74) is 1.76. The van der Waals surface area contributed by atoms with Crippen LogP contribution in [0.2, 0.25) is 0 Å². The molecule has 0 aliphatic heterocycles. The van der Waals surface area contributed by atoms with Crippen LogP contribution in [0.4, 0.5) is 0 Å². The Labute approximate surface area is 101 Å². The molecule has 1 heterocycles. The van der Waals surface area contributed by atoms with Gasteiger partial charge in [-0.2, -0.15) is 8.75 Å². The van der Waals surface area contributed by atoms with Crippen LogP contribution < -0.4 is 0 Å². The fourth-order valence-corrected chi connectivity index (χ4v) is 1.47. The number of rotatable bonds is 4. The van der Waals surface area contributed by atoms with E-state index in [1.807, 2.05) is 32.9 Å². The second-order valence-electron chi connectivity index (χ2n) is 2.84. The van der Waals surface area contributed by atoms with Gasteiger partial charge in [0.15, 0.2) is 5.78 Å². The Morgan fingerprint density at radius 3 is 2.56 bits per heavy atom. The lowest BCUT2D eigenvalue weighted by Crippen LogP contribution is -1.96. The molecule has 0 unspecified atom stereocenters. The molecular weight excluding hydrogens is 220 g/mol. The van der Waals surface area contributed by atoms with Gasteiger partial charge in [-0.15, -0.1) is 0 Å². The maximum absolute atomic E-state index is 11.1. The highest BCUT2D eigenvalue weighted by Gasteiger charge is 2.12. The maximum Gasteiger partial charge on any atom is 0.161 e. The molecule has 0 aliphatic rings. The average Bonchev–Trinajstić information content (AvgIpc) is 2.75. The van der Waals surface area contributed by atoms with E-state index in [4.69, 9.17) is 0 Å². The second-order valence-corrected chi connectivity index (χ2v) is 3.37. The maximum atomic E-state index is 11.1. The molecule has 0 aromatic carbocycles. The van der Waals surface area contributed by atoms with E-state index in [-0.39, 0.29) is 5.78 Å². The van der Waals surface area contributed by atoms with Crippen molar-refractivity contribution in [1.29, 1.82) is 0 Å². The molecule has 1 aromatic heterocycles. The van der Waals surface area contributed by atoms with E-state index in [0.29, 0.717) is 11.3 Å². The highest BCUT2D eigenvalue weighted by molar-refractivity contribution is 6.99. The molecule has 0 radical (unpaired) electrons. The molecule has 0 saturated heterocycles. The van der Waals surface area contributed by atoms with Gasteiger partial charge in [-0.3, -0.25) is 4.79 Å². The number of aromatic nitrogens is 2. The van der Waals surface area contributed by atoms with Crippen LogP contribution in [0, 0.1) is 0 Å². The van der Waals surface area contributed by atoms with Crippen LogP contribution in [0.1, 0.15) is 45.5 Å². The molecule has 0 N–H and O–H groups in total. The molecule has 1 rings (SSSR count). The number of ketones is 1. The van der Waals surface area contributed by atoms with E-state index in [1.54, 1.807) is 0 Å². The fraction of sp³-hybridized carbons (Fsp3) is 0.417. The first kappa shape index (κ1) is 14.7. The minimum Gasteiger partial charge on any atom is -0.294 e. The summed E-state index contributed by atoms with van der Waals surface area (Å²) in [4.78, 5) is 11.1. The van der Waals surface area contributed by atoms with Crippen molar-refractivity contribution >= 4 is 29.2 Å². The lowest BCUT2D eigenvalue weighted by Gasteiger charge is -1.96. The molecule has 0 amide bonds. The van der Waals surface area contributed by atoms with Gasteiger partial charge in [-0.25, -0.2) is 0 Å². The van der Waals surface area contributed by atoms with E-state index >= 15 is 0 Å². The van der Waals surface area contributed by atoms with Crippen LogP contribution in [-0.4, -0.2) is 14.5 Å². The van der Waals surface area contributed by atoms with Crippen molar-refractivity contribution in [3.63, 3.8) is 0 Å². The smallest absolute Gasteiger partial charge is 0.161 e. The zero-order valence-corrected chi connectivity index (χ0v) is 11.1. The largest absolute Gasteiger partial charge is 0.294 e. The van der Waals surface area contributed by atoms with E-state index < -0.39 is 0 Å². The summed E-state index contributed by atoms with van der Waals surface area (Å²) in [5, 5.41) is 0. The van der Waals surface area contributed by atoms with Gasteiger partial charge in [0, 0.05) is 5.57 Å². The number of hydrogen-bond donors (Lipinski definition) is 0. The number of hydrogen-bond acceptors (Lipinski definition) is 4. The zero-order valence-electron chi connectivity index (χ0n) is 10.3. The Balaban J connectivity index is 0.00000106. The van der Waals surface area contributed by atoms with Crippen molar-refractivity contribution in [2.45, 2.75) is 34.1 Å². The van der Waals surface area contributed by atoms with Crippen LogP contribution in [0.15, 0.2) is 12.7 Å². The molecule has 4 heteroatoms. The molecule has 3 nitrogen and oxygen atoms in total. The zero-order chi connectivity index (χ0) is 12.6. The molecular formula is C12H18N2OS. The van der Waals surface area contributed by atoms with Gasteiger partial charge in [0.05, 0.1) is 11.7 Å². The molecule has 0 spiro atoms. The minimum absolute atomic E-state index is 0.0659. The summed E-state index contributed by atoms with van der Waals surface area (Å²) >= 11 is 1.10. The summed E-state index contributed by atoms with van der Waals surface area (Å²) < 4.78 is 8.14. The average molecular weight is 238 g/mol. The molecule has 0 fully saturated rings. The van der Waals surface area contributed by atoms with Crippen molar-refractivity contribution in [1.82, 2.24) is 8.75 Å². The SMILES string of the molecule is C=C(C(C)=O)c1nsnc1/C=C\CC.CC. The Morgan fingerprint density at radius 2 is 2.06 bits per heavy atom. The van der Waals surface area contributed by atoms with Gasteiger partial charge >= 0.3 is 0 Å². The van der Waals surface area contributed by atoms with Gasteiger partial charge in [0.2, 0.25) is 0 Å². The Kier molecular flexibility index (Phi) is 7.29. The molecule has 16 heavy (non-hydrogen) atoms. The van der Waals surface area contributed by atoms with Gasteiger partial charge in [0.1, 0.15) is 11.4 Å². The summed E-state index contributed by atoms with van der Waals surface area (Å²) in [6.07, 6.45) is 4.78. The number of Topliss-reactive ketones (excluding diaryl/α,β-unsaturated/α-hetero) is 1. The van der Waals surface area contributed by atoms with Crippen molar-refractivity contribution in [3.05, 3.63) is 24.0 Å². The van der Waals surface area contributed by atoms with Crippen LogP contribution in [0.3, 0.4) is 0 Å². The minimum atomic E-state index is -0.0659. The van der Waals surface area contributed by atoms with Crippen molar-refractivity contribution in [2.24, 2.45) is 0 Å². The number of nitrogens with zero attached hydrogens (tertiary/aromatic N) is 2. The Morgan fingerprint density at radius 1 is 1.44 bits per heavy atom. The summed E-state index contributed by atoms with van der Waals surface area (Å²) in [5.74, 6) is -0.0659. The highest BCUT2D eigenvalue weighted by atomic mass is 32.1. The summed E-state index contributed by atoms with van der Waals surface area (Å²) in [7, 11) is 0. The van der Waals surface area contributed by atoms with Gasteiger partial charge in [-0.05, 0) is 19.4 Å². The monoisotopic (exact) mass is 238 g/mol. The van der Waals surface area contributed by atoms with E-state index in [1.165, 1.54) is 6.92 Å². The normalized spacial score (nSPS) is 9.75. The third-order valence-corrected chi connectivity index (χ3v) is 2.28.